The molecule has 26 heavy (non-hydrogen) atoms. The van der Waals surface area contributed by atoms with Crippen molar-refractivity contribution in [2.75, 3.05) is 32.8 Å². The number of hydrogen-bond donors (Lipinski definition) is 0. The van der Waals surface area contributed by atoms with E-state index >= 15 is 0 Å². The summed E-state index contributed by atoms with van der Waals surface area (Å²) in [4.78, 5) is 28.9. The summed E-state index contributed by atoms with van der Waals surface area (Å²) in [7, 11) is 0. The summed E-state index contributed by atoms with van der Waals surface area (Å²) < 4.78 is 5.61. The zero-order valence-corrected chi connectivity index (χ0v) is 15.9. The summed E-state index contributed by atoms with van der Waals surface area (Å²) in [5, 5.41) is 0. The Bertz CT molecular complexity index is 630. The molecule has 5 nitrogen and oxygen atoms in total. The topological polar surface area (TPSA) is 49.9 Å². The van der Waals surface area contributed by atoms with Crippen LogP contribution in [0.4, 0.5) is 0 Å². The Balaban J connectivity index is 1.42. The molecule has 3 rings (SSSR count). The van der Waals surface area contributed by atoms with E-state index in [1.807, 2.05) is 41.0 Å². The van der Waals surface area contributed by atoms with Crippen LogP contribution in [0, 0.1) is 18.8 Å². The average molecular weight is 358 g/mol. The van der Waals surface area contributed by atoms with E-state index in [9.17, 15) is 9.59 Å². The Labute approximate surface area is 156 Å². The van der Waals surface area contributed by atoms with Crippen LogP contribution in [0.3, 0.4) is 0 Å². The second-order valence-corrected chi connectivity index (χ2v) is 7.77. The number of hydrogen-bond acceptors (Lipinski definition) is 3. The molecule has 5 heteroatoms. The molecule has 2 aliphatic rings. The molecule has 2 heterocycles. The van der Waals surface area contributed by atoms with Gasteiger partial charge in [0.15, 0.2) is 6.61 Å². The third kappa shape index (κ3) is 4.77. The van der Waals surface area contributed by atoms with Crippen molar-refractivity contribution in [3.8, 4) is 5.75 Å². The highest BCUT2D eigenvalue weighted by molar-refractivity contribution is 5.80. The summed E-state index contributed by atoms with van der Waals surface area (Å²) in [5.74, 6) is 1.82. The van der Waals surface area contributed by atoms with Crippen LogP contribution in [0.15, 0.2) is 24.3 Å². The molecule has 1 aromatic rings. The molecule has 0 bridgehead atoms. The Hall–Kier alpha value is -2.04. The van der Waals surface area contributed by atoms with Crippen LogP contribution in [-0.2, 0) is 9.59 Å². The Kier molecular flexibility index (Phi) is 6.17. The zero-order valence-electron chi connectivity index (χ0n) is 15.9. The highest BCUT2D eigenvalue weighted by Gasteiger charge is 2.31. The second kappa shape index (κ2) is 8.56. The van der Waals surface area contributed by atoms with Crippen LogP contribution in [0.1, 0.15) is 38.2 Å². The number of carbonyl (C=O) groups excluding carboxylic acids is 2. The Morgan fingerprint density at radius 1 is 1.04 bits per heavy atom. The van der Waals surface area contributed by atoms with Crippen LogP contribution in [-0.4, -0.2) is 54.4 Å². The standard InChI is InChI=1S/C21H30N2O3/c1-16-6-10-23(11-7-16)21(25)18-8-12-22(13-9-18)20(24)15-26-19-5-3-4-17(2)14-19/h3-5,14,16,18H,6-13,15H2,1-2H3. The number of piperidine rings is 2. The summed E-state index contributed by atoms with van der Waals surface area (Å²) in [6.07, 6.45) is 3.75. The predicted octanol–water partition coefficient (Wildman–Crippen LogP) is 2.87. The quantitative estimate of drug-likeness (QED) is 0.832. The van der Waals surface area contributed by atoms with Crippen molar-refractivity contribution >= 4 is 11.8 Å². The number of aryl methyl sites for hydroxylation is 1. The maximum Gasteiger partial charge on any atom is 0.260 e. The van der Waals surface area contributed by atoms with Crippen LogP contribution < -0.4 is 4.74 Å². The first-order chi connectivity index (χ1) is 12.5. The molecule has 0 spiro atoms. The first-order valence-electron chi connectivity index (χ1n) is 9.79. The Morgan fingerprint density at radius 3 is 2.35 bits per heavy atom. The lowest BCUT2D eigenvalue weighted by atomic mass is 9.92. The lowest BCUT2D eigenvalue weighted by molar-refractivity contribution is -0.142. The smallest absolute Gasteiger partial charge is 0.260 e. The molecule has 142 valence electrons. The van der Waals surface area contributed by atoms with Crippen molar-refractivity contribution in [2.24, 2.45) is 11.8 Å². The SMILES string of the molecule is Cc1cccc(OCC(=O)N2CCC(C(=O)N3CCC(C)CC3)CC2)c1. The third-order valence-electron chi connectivity index (χ3n) is 5.64. The van der Waals surface area contributed by atoms with Gasteiger partial charge in [0.05, 0.1) is 0 Å². The molecule has 2 fully saturated rings. The van der Waals surface area contributed by atoms with Crippen molar-refractivity contribution in [3.63, 3.8) is 0 Å². The van der Waals surface area contributed by atoms with Gasteiger partial charge in [0.2, 0.25) is 5.91 Å². The molecular weight excluding hydrogens is 328 g/mol. The molecule has 0 atom stereocenters. The van der Waals surface area contributed by atoms with Gasteiger partial charge in [-0.2, -0.15) is 0 Å². The predicted molar refractivity (Wildman–Crippen MR) is 101 cm³/mol. The van der Waals surface area contributed by atoms with Crippen molar-refractivity contribution < 1.29 is 14.3 Å². The number of nitrogens with zero attached hydrogens (tertiary/aromatic N) is 2. The number of rotatable bonds is 4. The zero-order chi connectivity index (χ0) is 18.5. The van der Waals surface area contributed by atoms with Crippen LogP contribution in [0.2, 0.25) is 0 Å². The van der Waals surface area contributed by atoms with Gasteiger partial charge < -0.3 is 14.5 Å². The molecule has 0 saturated carbocycles. The fraction of sp³-hybridized carbons (Fsp3) is 0.619. The maximum absolute atomic E-state index is 12.7. The largest absolute Gasteiger partial charge is 0.484 e. The summed E-state index contributed by atoms with van der Waals surface area (Å²) in [5.41, 5.74) is 1.11. The van der Waals surface area contributed by atoms with Gasteiger partial charge in [0.25, 0.3) is 5.91 Å². The van der Waals surface area contributed by atoms with Crippen LogP contribution in [0.5, 0.6) is 5.75 Å². The minimum atomic E-state index is 0.00389. The number of amides is 2. The summed E-state index contributed by atoms with van der Waals surface area (Å²) >= 11 is 0. The van der Waals surface area contributed by atoms with Gasteiger partial charge in [-0.1, -0.05) is 19.1 Å². The van der Waals surface area contributed by atoms with Crippen LogP contribution >= 0.6 is 0 Å². The number of likely N-dealkylation sites (tertiary alicyclic amines) is 2. The van der Waals surface area contributed by atoms with E-state index in [2.05, 4.69) is 6.92 Å². The van der Waals surface area contributed by atoms with Crippen molar-refractivity contribution in [3.05, 3.63) is 29.8 Å². The first-order valence-corrected chi connectivity index (χ1v) is 9.79. The highest BCUT2D eigenvalue weighted by atomic mass is 16.5. The van der Waals surface area contributed by atoms with E-state index in [0.717, 1.165) is 56.0 Å². The fourth-order valence-corrected chi connectivity index (χ4v) is 3.80. The molecular formula is C21H30N2O3. The first kappa shape index (κ1) is 18.7. The van der Waals surface area contributed by atoms with Gasteiger partial charge in [-0.25, -0.2) is 0 Å². The summed E-state index contributed by atoms with van der Waals surface area (Å²) in [6, 6.07) is 7.72. The minimum absolute atomic E-state index is 0.00389. The Morgan fingerprint density at radius 2 is 1.69 bits per heavy atom. The van der Waals surface area contributed by atoms with E-state index in [1.54, 1.807) is 0 Å². The molecule has 2 aliphatic heterocycles. The average Bonchev–Trinajstić information content (AvgIpc) is 2.66. The molecule has 2 amide bonds. The highest BCUT2D eigenvalue weighted by Crippen LogP contribution is 2.23. The van der Waals surface area contributed by atoms with Gasteiger partial charge in [0.1, 0.15) is 5.75 Å². The van der Waals surface area contributed by atoms with Gasteiger partial charge >= 0.3 is 0 Å². The van der Waals surface area contributed by atoms with Gasteiger partial charge in [0, 0.05) is 32.1 Å². The molecule has 2 saturated heterocycles. The van der Waals surface area contributed by atoms with E-state index in [1.165, 1.54) is 0 Å². The second-order valence-electron chi connectivity index (χ2n) is 7.77. The van der Waals surface area contributed by atoms with Gasteiger partial charge in [-0.05, 0) is 56.2 Å². The monoisotopic (exact) mass is 358 g/mol. The molecule has 0 N–H and O–H groups in total. The van der Waals surface area contributed by atoms with Crippen molar-refractivity contribution in [2.45, 2.75) is 39.5 Å². The summed E-state index contributed by atoms with van der Waals surface area (Å²) in [6.45, 7) is 7.40. The van der Waals surface area contributed by atoms with Gasteiger partial charge in [-0.15, -0.1) is 0 Å². The minimum Gasteiger partial charge on any atom is -0.484 e. The third-order valence-corrected chi connectivity index (χ3v) is 5.64. The lowest BCUT2D eigenvalue weighted by Gasteiger charge is -2.36. The number of carbonyl (C=O) groups is 2. The number of ether oxygens (including phenoxy) is 1. The molecule has 0 aliphatic carbocycles. The normalized spacial score (nSPS) is 19.5. The van der Waals surface area contributed by atoms with E-state index < -0.39 is 0 Å². The van der Waals surface area contributed by atoms with E-state index in [4.69, 9.17) is 4.74 Å². The lowest BCUT2D eigenvalue weighted by Crippen LogP contribution is -2.47. The molecule has 0 unspecified atom stereocenters. The van der Waals surface area contributed by atoms with Crippen LogP contribution in [0.25, 0.3) is 0 Å². The fourth-order valence-electron chi connectivity index (χ4n) is 3.80. The van der Waals surface area contributed by atoms with Gasteiger partial charge in [-0.3, -0.25) is 9.59 Å². The van der Waals surface area contributed by atoms with Crippen molar-refractivity contribution in [1.29, 1.82) is 0 Å². The maximum atomic E-state index is 12.7. The van der Waals surface area contributed by atoms with Crippen molar-refractivity contribution in [1.82, 2.24) is 9.80 Å². The number of benzene rings is 1. The molecule has 0 aromatic heterocycles. The molecule has 1 aromatic carbocycles. The molecule has 0 radical (unpaired) electrons. The van der Waals surface area contributed by atoms with E-state index in [0.29, 0.717) is 19.0 Å². The van der Waals surface area contributed by atoms with E-state index in [-0.39, 0.29) is 18.4 Å².